The van der Waals surface area contributed by atoms with Gasteiger partial charge in [0.25, 0.3) is 0 Å². The van der Waals surface area contributed by atoms with Gasteiger partial charge in [-0.1, -0.05) is 13.3 Å². The average molecular weight is 245 g/mol. The zero-order valence-corrected chi connectivity index (χ0v) is 10.8. The van der Waals surface area contributed by atoms with Crippen LogP contribution in [0.5, 0.6) is 0 Å². The number of anilines is 1. The Morgan fingerprint density at radius 3 is 2.56 bits per heavy atom. The van der Waals surface area contributed by atoms with Gasteiger partial charge >= 0.3 is 0 Å². The summed E-state index contributed by atoms with van der Waals surface area (Å²) in [4.78, 5) is 25.2. The van der Waals surface area contributed by atoms with Gasteiger partial charge in [-0.15, -0.1) is 0 Å². The van der Waals surface area contributed by atoms with Crippen LogP contribution in [0.15, 0.2) is 24.3 Å². The van der Waals surface area contributed by atoms with Gasteiger partial charge in [0.05, 0.1) is 0 Å². The maximum Gasteiger partial charge on any atom is 0.227 e. The van der Waals surface area contributed by atoms with Crippen molar-refractivity contribution in [2.75, 3.05) is 11.4 Å². The summed E-state index contributed by atoms with van der Waals surface area (Å²) in [6.45, 7) is 2.87. The molecule has 1 amide bonds. The largest absolute Gasteiger partial charge is 0.312 e. The molecule has 1 fully saturated rings. The molecule has 1 aromatic rings. The maximum atomic E-state index is 11.8. The molecule has 1 heterocycles. The number of carbonyl (C=O) groups is 2. The second kappa shape index (κ2) is 5.80. The Morgan fingerprint density at radius 1 is 1.28 bits per heavy atom. The number of nitrogens with zero attached hydrogens (tertiary/aromatic N) is 1. The fraction of sp³-hybridized carbons (Fsp3) is 0.467. The molecule has 0 saturated carbocycles. The Morgan fingerprint density at radius 2 is 2.00 bits per heavy atom. The Hall–Kier alpha value is -1.64. The van der Waals surface area contributed by atoms with Crippen molar-refractivity contribution in [2.24, 2.45) is 0 Å². The molecule has 2 rings (SSSR count). The van der Waals surface area contributed by atoms with Gasteiger partial charge in [-0.05, 0) is 37.1 Å². The number of ketones is 1. The topological polar surface area (TPSA) is 37.4 Å². The van der Waals surface area contributed by atoms with Crippen LogP contribution in [0.4, 0.5) is 5.69 Å². The molecule has 0 bridgehead atoms. The average Bonchev–Trinajstić information content (AvgIpc) is 2.82. The molecule has 0 aromatic heterocycles. The molecule has 3 heteroatoms. The van der Waals surface area contributed by atoms with Crippen LogP contribution in [0.25, 0.3) is 0 Å². The van der Waals surface area contributed by atoms with E-state index in [2.05, 4.69) is 6.92 Å². The van der Waals surface area contributed by atoms with Crippen LogP contribution >= 0.6 is 0 Å². The first-order valence-electron chi connectivity index (χ1n) is 6.66. The zero-order chi connectivity index (χ0) is 13.0. The van der Waals surface area contributed by atoms with Gasteiger partial charge in [0.15, 0.2) is 5.78 Å². The van der Waals surface area contributed by atoms with E-state index in [4.69, 9.17) is 0 Å². The van der Waals surface area contributed by atoms with E-state index < -0.39 is 0 Å². The number of Topliss-reactive ketones (excluding diaryl/α,β-unsaturated/α-hetero) is 1. The van der Waals surface area contributed by atoms with E-state index in [1.54, 1.807) is 4.90 Å². The summed E-state index contributed by atoms with van der Waals surface area (Å²) >= 11 is 0. The minimum atomic E-state index is 0.181. The van der Waals surface area contributed by atoms with E-state index >= 15 is 0 Å². The van der Waals surface area contributed by atoms with Crippen molar-refractivity contribution in [3.8, 4) is 0 Å². The number of carbonyl (C=O) groups excluding carboxylic acids is 2. The molecule has 1 aromatic carbocycles. The Balaban J connectivity index is 2.05. The van der Waals surface area contributed by atoms with E-state index in [0.29, 0.717) is 12.8 Å². The lowest BCUT2D eigenvalue weighted by molar-refractivity contribution is -0.117. The number of unbranched alkanes of at least 4 members (excludes halogenated alkanes) is 1. The molecule has 1 aliphatic rings. The summed E-state index contributed by atoms with van der Waals surface area (Å²) in [7, 11) is 0. The smallest absolute Gasteiger partial charge is 0.227 e. The van der Waals surface area contributed by atoms with E-state index in [1.807, 2.05) is 24.3 Å². The van der Waals surface area contributed by atoms with Gasteiger partial charge in [-0.2, -0.15) is 0 Å². The van der Waals surface area contributed by atoms with Crippen molar-refractivity contribution in [1.82, 2.24) is 0 Å². The third-order valence-electron chi connectivity index (χ3n) is 3.33. The highest BCUT2D eigenvalue weighted by atomic mass is 16.2. The quantitative estimate of drug-likeness (QED) is 0.747. The Kier molecular flexibility index (Phi) is 4.13. The normalized spacial score (nSPS) is 15.2. The van der Waals surface area contributed by atoms with Gasteiger partial charge in [0, 0.05) is 30.6 Å². The Bertz CT molecular complexity index is 436. The minimum Gasteiger partial charge on any atom is -0.312 e. The van der Waals surface area contributed by atoms with Crippen LogP contribution in [0, 0.1) is 0 Å². The summed E-state index contributed by atoms with van der Waals surface area (Å²) in [5.41, 5.74) is 1.66. The number of rotatable bonds is 5. The van der Waals surface area contributed by atoms with Crippen LogP contribution in [0.2, 0.25) is 0 Å². The second-order valence-corrected chi connectivity index (χ2v) is 4.72. The maximum absolute atomic E-state index is 11.8. The minimum absolute atomic E-state index is 0.181. The van der Waals surface area contributed by atoms with E-state index in [0.717, 1.165) is 37.1 Å². The molecule has 0 radical (unpaired) electrons. The molecule has 0 unspecified atom stereocenters. The first kappa shape index (κ1) is 12.8. The van der Waals surface area contributed by atoms with Crippen molar-refractivity contribution in [1.29, 1.82) is 0 Å². The fourth-order valence-electron chi connectivity index (χ4n) is 2.23. The summed E-state index contributed by atoms with van der Waals surface area (Å²) in [6.07, 6.45) is 4.14. The lowest BCUT2D eigenvalue weighted by Gasteiger charge is -2.15. The summed E-state index contributed by atoms with van der Waals surface area (Å²) in [5.74, 6) is 0.371. The van der Waals surface area contributed by atoms with E-state index in [-0.39, 0.29) is 11.7 Å². The highest BCUT2D eigenvalue weighted by Crippen LogP contribution is 2.22. The van der Waals surface area contributed by atoms with Crippen LogP contribution in [0.1, 0.15) is 49.4 Å². The van der Waals surface area contributed by atoms with Gasteiger partial charge in [-0.25, -0.2) is 0 Å². The summed E-state index contributed by atoms with van der Waals surface area (Å²) < 4.78 is 0. The summed E-state index contributed by atoms with van der Waals surface area (Å²) in [5, 5.41) is 0. The molecular formula is C15H19NO2. The number of hydrogen-bond acceptors (Lipinski definition) is 2. The van der Waals surface area contributed by atoms with E-state index in [1.165, 1.54) is 0 Å². The SMILES string of the molecule is CCCCC(=O)c1ccc(N2CCCC2=O)cc1. The molecule has 3 nitrogen and oxygen atoms in total. The number of amides is 1. The highest BCUT2D eigenvalue weighted by molar-refractivity contribution is 5.98. The van der Waals surface area contributed by atoms with Crippen molar-refractivity contribution in [2.45, 2.75) is 39.0 Å². The van der Waals surface area contributed by atoms with Crippen molar-refractivity contribution in [3.05, 3.63) is 29.8 Å². The lowest BCUT2D eigenvalue weighted by atomic mass is 10.1. The van der Waals surface area contributed by atoms with Crippen molar-refractivity contribution < 1.29 is 9.59 Å². The lowest BCUT2D eigenvalue weighted by Crippen LogP contribution is -2.23. The predicted molar refractivity (Wildman–Crippen MR) is 71.9 cm³/mol. The molecule has 1 aliphatic heterocycles. The van der Waals surface area contributed by atoms with Crippen LogP contribution in [-0.2, 0) is 4.79 Å². The van der Waals surface area contributed by atoms with Gasteiger partial charge < -0.3 is 4.90 Å². The van der Waals surface area contributed by atoms with Crippen LogP contribution in [0.3, 0.4) is 0 Å². The zero-order valence-electron chi connectivity index (χ0n) is 10.8. The monoisotopic (exact) mass is 245 g/mol. The molecule has 0 spiro atoms. The fourth-order valence-corrected chi connectivity index (χ4v) is 2.23. The van der Waals surface area contributed by atoms with Crippen molar-refractivity contribution in [3.63, 3.8) is 0 Å². The Labute approximate surface area is 108 Å². The molecular weight excluding hydrogens is 226 g/mol. The highest BCUT2D eigenvalue weighted by Gasteiger charge is 2.21. The summed E-state index contributed by atoms with van der Waals surface area (Å²) in [6, 6.07) is 7.42. The van der Waals surface area contributed by atoms with E-state index in [9.17, 15) is 9.59 Å². The molecule has 1 saturated heterocycles. The van der Waals surface area contributed by atoms with Crippen molar-refractivity contribution >= 4 is 17.4 Å². The molecule has 0 aliphatic carbocycles. The van der Waals surface area contributed by atoms with Gasteiger partial charge in [0.1, 0.15) is 0 Å². The number of benzene rings is 1. The molecule has 0 atom stereocenters. The standard InChI is InChI=1S/C15H19NO2/c1-2-3-5-14(17)12-7-9-13(10-8-12)16-11-4-6-15(16)18/h7-10H,2-6,11H2,1H3. The third kappa shape index (κ3) is 2.78. The van der Waals surface area contributed by atoms with Gasteiger partial charge in [0.2, 0.25) is 5.91 Å². The van der Waals surface area contributed by atoms with Gasteiger partial charge in [-0.3, -0.25) is 9.59 Å². The first-order valence-corrected chi connectivity index (χ1v) is 6.66. The first-order chi connectivity index (χ1) is 8.72. The molecule has 96 valence electrons. The third-order valence-corrected chi connectivity index (χ3v) is 3.33. The van der Waals surface area contributed by atoms with Crippen LogP contribution < -0.4 is 4.90 Å². The molecule has 0 N–H and O–H groups in total. The second-order valence-electron chi connectivity index (χ2n) is 4.72. The van der Waals surface area contributed by atoms with Crippen LogP contribution in [-0.4, -0.2) is 18.2 Å². The molecule has 18 heavy (non-hydrogen) atoms. The number of hydrogen-bond donors (Lipinski definition) is 0. The predicted octanol–water partition coefficient (Wildman–Crippen LogP) is 3.19.